The maximum Gasteiger partial charge on any atom is 0.352 e. The van der Waals surface area contributed by atoms with Gasteiger partial charge in [-0.05, 0) is 57.0 Å². The Kier molecular flexibility index (Phi) is 6.12. The Morgan fingerprint density at radius 3 is 2.61 bits per heavy atom. The van der Waals surface area contributed by atoms with Gasteiger partial charge >= 0.3 is 5.69 Å². The Labute approximate surface area is 195 Å². The topological polar surface area (TPSA) is 90.4 Å². The van der Waals surface area contributed by atoms with Gasteiger partial charge in [-0.15, -0.1) is 5.10 Å². The first-order valence-electron chi connectivity index (χ1n) is 10.8. The first-order valence-corrected chi connectivity index (χ1v) is 11.2. The van der Waals surface area contributed by atoms with Gasteiger partial charge in [-0.2, -0.15) is 0 Å². The molecule has 2 heterocycles. The van der Waals surface area contributed by atoms with E-state index >= 15 is 0 Å². The molecule has 0 saturated heterocycles. The van der Waals surface area contributed by atoms with Crippen LogP contribution in [0.25, 0.3) is 16.7 Å². The van der Waals surface area contributed by atoms with Crippen LogP contribution < -0.4 is 16.6 Å². The number of nitrogens with zero attached hydrogens (tertiary/aromatic N) is 4. The molecule has 0 aliphatic carbocycles. The molecular weight excluding hydrogens is 442 g/mol. The summed E-state index contributed by atoms with van der Waals surface area (Å²) in [5.41, 5.74) is 2.82. The maximum atomic E-state index is 13.4. The van der Waals surface area contributed by atoms with Crippen LogP contribution in [-0.2, 0) is 17.9 Å². The molecule has 0 radical (unpaired) electrons. The highest BCUT2D eigenvalue weighted by Crippen LogP contribution is 2.18. The summed E-state index contributed by atoms with van der Waals surface area (Å²) in [4.78, 5) is 39.0. The van der Waals surface area contributed by atoms with E-state index in [0.29, 0.717) is 15.9 Å². The average Bonchev–Trinajstić information content (AvgIpc) is 3.06. The maximum absolute atomic E-state index is 13.4. The second-order valence-electron chi connectivity index (χ2n) is 8.60. The van der Waals surface area contributed by atoms with Crippen LogP contribution in [0.5, 0.6) is 0 Å². The molecule has 0 fully saturated rings. The van der Waals surface area contributed by atoms with E-state index in [0.717, 1.165) is 16.7 Å². The number of carbonyl (C=O) groups is 1. The van der Waals surface area contributed by atoms with Gasteiger partial charge in [-0.3, -0.25) is 14.2 Å². The van der Waals surface area contributed by atoms with Gasteiger partial charge in [0, 0.05) is 24.0 Å². The number of aryl methyl sites for hydroxylation is 3. The highest BCUT2D eigenvalue weighted by Gasteiger charge is 2.19. The van der Waals surface area contributed by atoms with E-state index in [2.05, 4.69) is 10.4 Å². The first kappa shape index (κ1) is 22.8. The fraction of sp³-hybridized carbons (Fsp3) is 0.333. The van der Waals surface area contributed by atoms with E-state index in [1.807, 2.05) is 45.9 Å². The van der Waals surface area contributed by atoms with Crippen molar-refractivity contribution in [2.24, 2.45) is 0 Å². The van der Waals surface area contributed by atoms with Crippen LogP contribution in [0, 0.1) is 13.8 Å². The minimum atomic E-state index is -0.362. The van der Waals surface area contributed by atoms with Crippen molar-refractivity contribution in [3.63, 3.8) is 0 Å². The van der Waals surface area contributed by atoms with E-state index in [4.69, 9.17) is 11.6 Å². The third kappa shape index (κ3) is 4.43. The number of benzene rings is 2. The monoisotopic (exact) mass is 467 g/mol. The number of hydrogen-bond acceptors (Lipinski definition) is 4. The molecule has 0 spiro atoms. The van der Waals surface area contributed by atoms with Crippen LogP contribution in [0.2, 0.25) is 5.02 Å². The number of halogens is 1. The molecule has 172 valence electrons. The number of rotatable bonds is 6. The molecule has 2 aromatic carbocycles. The predicted octanol–water partition coefficient (Wildman–Crippen LogP) is 3.04. The normalized spacial score (nSPS) is 11.6. The van der Waals surface area contributed by atoms with Crippen LogP contribution in [0.1, 0.15) is 37.0 Å². The number of amides is 1. The van der Waals surface area contributed by atoms with Gasteiger partial charge in [0.05, 0.1) is 17.4 Å². The fourth-order valence-electron chi connectivity index (χ4n) is 3.94. The Hall–Kier alpha value is -3.39. The van der Waals surface area contributed by atoms with Gasteiger partial charge in [0.2, 0.25) is 11.7 Å². The van der Waals surface area contributed by atoms with Crippen molar-refractivity contribution in [3.8, 4) is 0 Å². The molecule has 0 atom stereocenters. The standard InChI is InChI=1S/C24H26ClN5O3/c1-14(2)26-21(31)9-10-28-22(32)19-12-18(25)7-8-20(19)30-23(28)27-29(24(30)33)13-17-11-15(3)5-6-16(17)4/h5-8,11-12,14H,9-10,13H2,1-4H3,(H,26,31). The van der Waals surface area contributed by atoms with Crippen LogP contribution >= 0.6 is 11.6 Å². The Balaban J connectivity index is 1.90. The summed E-state index contributed by atoms with van der Waals surface area (Å²) in [6.07, 6.45) is 0.0812. The molecule has 1 N–H and O–H groups in total. The summed E-state index contributed by atoms with van der Waals surface area (Å²) in [6.45, 7) is 8.07. The van der Waals surface area contributed by atoms with Gasteiger partial charge < -0.3 is 5.32 Å². The summed E-state index contributed by atoms with van der Waals surface area (Å²) in [7, 11) is 0. The highest BCUT2D eigenvalue weighted by molar-refractivity contribution is 6.31. The molecule has 33 heavy (non-hydrogen) atoms. The van der Waals surface area contributed by atoms with Crippen molar-refractivity contribution >= 4 is 34.2 Å². The predicted molar refractivity (Wildman–Crippen MR) is 129 cm³/mol. The van der Waals surface area contributed by atoms with Crippen molar-refractivity contribution < 1.29 is 4.79 Å². The Morgan fingerprint density at radius 2 is 1.88 bits per heavy atom. The van der Waals surface area contributed by atoms with Gasteiger partial charge in [0.15, 0.2) is 0 Å². The smallest absolute Gasteiger partial charge is 0.352 e. The number of hydrogen-bond donors (Lipinski definition) is 1. The molecule has 0 aliphatic heterocycles. The van der Waals surface area contributed by atoms with Gasteiger partial charge in [-0.1, -0.05) is 35.4 Å². The quantitative estimate of drug-likeness (QED) is 0.472. The summed E-state index contributed by atoms with van der Waals surface area (Å²) < 4.78 is 4.15. The lowest BCUT2D eigenvalue weighted by Gasteiger charge is -2.11. The molecule has 0 saturated carbocycles. The van der Waals surface area contributed by atoms with Crippen LogP contribution in [0.4, 0.5) is 0 Å². The molecule has 8 nitrogen and oxygen atoms in total. The molecule has 4 rings (SSSR count). The average molecular weight is 468 g/mol. The number of carbonyl (C=O) groups excluding carboxylic acids is 1. The summed E-state index contributed by atoms with van der Waals surface area (Å²) in [5.74, 6) is 0.0147. The summed E-state index contributed by atoms with van der Waals surface area (Å²) >= 11 is 6.14. The van der Waals surface area contributed by atoms with E-state index < -0.39 is 0 Å². The number of nitrogens with one attached hydrogen (secondary N) is 1. The minimum absolute atomic E-state index is 0.0101. The number of aromatic nitrogens is 4. The lowest BCUT2D eigenvalue weighted by Crippen LogP contribution is -2.32. The molecule has 9 heteroatoms. The second kappa shape index (κ2) is 8.86. The van der Waals surface area contributed by atoms with Crippen molar-refractivity contribution in [2.45, 2.75) is 53.2 Å². The van der Waals surface area contributed by atoms with Crippen molar-refractivity contribution in [1.82, 2.24) is 24.1 Å². The van der Waals surface area contributed by atoms with Crippen LogP contribution in [0.3, 0.4) is 0 Å². The largest absolute Gasteiger partial charge is 0.354 e. The van der Waals surface area contributed by atoms with E-state index in [-0.39, 0.29) is 48.5 Å². The molecular formula is C24H26ClN5O3. The van der Waals surface area contributed by atoms with Crippen molar-refractivity contribution in [2.75, 3.05) is 0 Å². The zero-order valence-corrected chi connectivity index (χ0v) is 19.8. The van der Waals surface area contributed by atoms with Crippen LogP contribution in [0.15, 0.2) is 46.0 Å². The lowest BCUT2D eigenvalue weighted by atomic mass is 10.1. The first-order chi connectivity index (χ1) is 15.7. The van der Waals surface area contributed by atoms with Gasteiger partial charge in [-0.25, -0.2) is 13.9 Å². The Morgan fingerprint density at radius 1 is 1.12 bits per heavy atom. The fourth-order valence-corrected chi connectivity index (χ4v) is 4.11. The summed E-state index contributed by atoms with van der Waals surface area (Å²) in [5, 5.41) is 8.02. The summed E-state index contributed by atoms with van der Waals surface area (Å²) in [6, 6.07) is 10.9. The van der Waals surface area contributed by atoms with E-state index in [1.54, 1.807) is 12.1 Å². The molecule has 4 aromatic rings. The molecule has 0 unspecified atom stereocenters. The number of fused-ring (bicyclic) bond motifs is 3. The highest BCUT2D eigenvalue weighted by atomic mass is 35.5. The van der Waals surface area contributed by atoms with E-state index in [1.165, 1.54) is 19.7 Å². The molecule has 2 aromatic heterocycles. The SMILES string of the molecule is Cc1ccc(C)c(Cn2nc3n(CCC(=O)NC(C)C)c(=O)c4cc(Cl)ccc4n3c2=O)c1. The van der Waals surface area contributed by atoms with Gasteiger partial charge in [0.1, 0.15) is 0 Å². The third-order valence-corrected chi connectivity index (χ3v) is 5.81. The van der Waals surface area contributed by atoms with Crippen molar-refractivity contribution in [3.05, 3.63) is 78.9 Å². The molecule has 0 aliphatic rings. The van der Waals surface area contributed by atoms with Crippen molar-refractivity contribution in [1.29, 1.82) is 0 Å². The third-order valence-electron chi connectivity index (χ3n) is 5.58. The zero-order chi connectivity index (χ0) is 23.9. The molecule has 1 amide bonds. The lowest BCUT2D eigenvalue weighted by molar-refractivity contribution is -0.121. The Bertz CT molecular complexity index is 1500. The zero-order valence-electron chi connectivity index (χ0n) is 19.1. The second-order valence-corrected chi connectivity index (χ2v) is 9.03. The van der Waals surface area contributed by atoms with Crippen LogP contribution in [-0.4, -0.2) is 30.7 Å². The molecule has 0 bridgehead atoms. The van der Waals surface area contributed by atoms with E-state index in [9.17, 15) is 14.4 Å². The van der Waals surface area contributed by atoms with Gasteiger partial charge in [0.25, 0.3) is 5.56 Å². The minimum Gasteiger partial charge on any atom is -0.354 e.